The number of fused-ring (bicyclic) bond motifs is 1. The maximum atomic E-state index is 12.8. The Kier molecular flexibility index (Phi) is 7.05. The highest BCUT2D eigenvalue weighted by atomic mass is 35.5. The van der Waals surface area contributed by atoms with Crippen molar-refractivity contribution in [2.45, 2.75) is 58.2 Å². The van der Waals surface area contributed by atoms with E-state index in [4.69, 9.17) is 37.7 Å². The van der Waals surface area contributed by atoms with Crippen molar-refractivity contribution in [1.82, 2.24) is 14.5 Å². The van der Waals surface area contributed by atoms with Gasteiger partial charge in [0.2, 0.25) is 0 Å². The average Bonchev–Trinajstić information content (AvgIpc) is 3.11. The van der Waals surface area contributed by atoms with Crippen molar-refractivity contribution in [3.63, 3.8) is 0 Å². The third-order valence-corrected chi connectivity index (χ3v) is 6.22. The normalized spacial score (nSPS) is 16.8. The molecule has 1 unspecified atom stereocenters. The quantitative estimate of drug-likeness (QED) is 0.407. The Bertz CT molecular complexity index is 1140. The highest BCUT2D eigenvalue weighted by Gasteiger charge is 2.31. The molecule has 1 fully saturated rings. The second-order valence-corrected chi connectivity index (χ2v) is 10.2. The molecule has 0 spiro atoms. The molecule has 0 bridgehead atoms. The van der Waals surface area contributed by atoms with Gasteiger partial charge in [0.15, 0.2) is 0 Å². The molecule has 2 aromatic carbocycles. The first-order valence-electron chi connectivity index (χ1n) is 11.2. The zero-order valence-electron chi connectivity index (χ0n) is 19.2. The van der Waals surface area contributed by atoms with E-state index in [1.807, 2.05) is 55.7 Å². The number of nitrogens with zero attached hydrogens (tertiary/aromatic N) is 3. The Hall–Kier alpha value is -2.44. The second-order valence-electron chi connectivity index (χ2n) is 9.34. The molecule has 176 valence electrons. The lowest BCUT2D eigenvalue weighted by Crippen LogP contribution is -2.48. The number of rotatable bonds is 5. The lowest BCUT2D eigenvalue weighted by Gasteiger charge is -2.36. The lowest BCUT2D eigenvalue weighted by atomic mass is 10.0. The molecule has 0 aliphatic carbocycles. The number of piperidine rings is 1. The number of imidazole rings is 1. The molecule has 1 aliphatic heterocycles. The van der Waals surface area contributed by atoms with Crippen LogP contribution in [0.2, 0.25) is 10.0 Å². The Balaban J connectivity index is 1.57. The highest BCUT2D eigenvalue weighted by molar-refractivity contribution is 6.33. The predicted octanol–water partition coefficient (Wildman–Crippen LogP) is 6.56. The van der Waals surface area contributed by atoms with Crippen molar-refractivity contribution in [2.75, 3.05) is 13.2 Å². The minimum Gasteiger partial charge on any atom is -0.462 e. The largest absolute Gasteiger partial charge is 0.462 e. The van der Waals surface area contributed by atoms with E-state index in [1.54, 1.807) is 17.0 Å². The summed E-state index contributed by atoms with van der Waals surface area (Å²) in [7, 11) is 0. The molecule has 0 N–H and O–H groups in total. The van der Waals surface area contributed by atoms with Gasteiger partial charge >= 0.3 is 6.09 Å². The van der Waals surface area contributed by atoms with E-state index in [9.17, 15) is 4.79 Å². The molecule has 1 atom stereocenters. The van der Waals surface area contributed by atoms with Crippen molar-refractivity contribution < 1.29 is 14.3 Å². The van der Waals surface area contributed by atoms with Gasteiger partial charge in [-0.15, -0.1) is 0 Å². The monoisotopic (exact) mass is 489 g/mol. The molecule has 1 aliphatic rings. The summed E-state index contributed by atoms with van der Waals surface area (Å²) in [6.07, 6.45) is 2.57. The first-order chi connectivity index (χ1) is 15.7. The molecule has 33 heavy (non-hydrogen) atoms. The minimum absolute atomic E-state index is 0.0726. The third kappa shape index (κ3) is 5.74. The molecule has 6 nitrogen and oxygen atoms in total. The molecule has 1 amide bonds. The second kappa shape index (κ2) is 9.82. The highest BCUT2D eigenvalue weighted by Crippen LogP contribution is 2.28. The Labute approximate surface area is 204 Å². The van der Waals surface area contributed by atoms with E-state index >= 15 is 0 Å². The van der Waals surface area contributed by atoms with Crippen molar-refractivity contribution in [2.24, 2.45) is 0 Å². The fraction of sp³-hybridized carbons (Fsp3) is 0.440. The van der Waals surface area contributed by atoms with Crippen LogP contribution in [0.25, 0.3) is 11.0 Å². The number of benzene rings is 2. The number of halogens is 2. The number of carbonyl (C=O) groups excluding carboxylic acids is 1. The molecule has 0 radical (unpaired) electrons. The number of likely N-dealkylation sites (tertiary alicyclic amines) is 1. The molecule has 4 rings (SSSR count). The van der Waals surface area contributed by atoms with Crippen LogP contribution in [-0.2, 0) is 11.3 Å². The van der Waals surface area contributed by atoms with Gasteiger partial charge in [0.05, 0.1) is 23.6 Å². The predicted molar refractivity (Wildman–Crippen MR) is 131 cm³/mol. The van der Waals surface area contributed by atoms with E-state index < -0.39 is 5.60 Å². The van der Waals surface area contributed by atoms with Crippen LogP contribution < -0.4 is 4.74 Å². The fourth-order valence-corrected chi connectivity index (χ4v) is 4.43. The summed E-state index contributed by atoms with van der Waals surface area (Å²) in [4.78, 5) is 19.2. The molecular weight excluding hydrogens is 461 g/mol. The third-order valence-electron chi connectivity index (χ3n) is 5.62. The summed E-state index contributed by atoms with van der Waals surface area (Å²) in [5.41, 5.74) is 2.11. The summed E-state index contributed by atoms with van der Waals surface area (Å²) < 4.78 is 13.9. The average molecular weight is 490 g/mol. The number of hydrogen-bond acceptors (Lipinski definition) is 4. The minimum atomic E-state index is -0.538. The van der Waals surface area contributed by atoms with Crippen LogP contribution in [0.3, 0.4) is 0 Å². The maximum Gasteiger partial charge on any atom is 0.410 e. The van der Waals surface area contributed by atoms with Crippen molar-refractivity contribution in [3.05, 3.63) is 58.1 Å². The van der Waals surface area contributed by atoms with Crippen molar-refractivity contribution in [1.29, 1.82) is 0 Å². The van der Waals surface area contributed by atoms with Crippen LogP contribution in [0.1, 0.15) is 45.6 Å². The molecule has 0 saturated carbocycles. The summed E-state index contributed by atoms with van der Waals surface area (Å²) in [6, 6.07) is 13.7. The zero-order valence-corrected chi connectivity index (χ0v) is 20.7. The fourth-order valence-electron chi connectivity index (χ4n) is 4.06. The Morgan fingerprint density at radius 2 is 1.94 bits per heavy atom. The van der Waals surface area contributed by atoms with Gasteiger partial charge in [-0.1, -0.05) is 35.3 Å². The van der Waals surface area contributed by atoms with Gasteiger partial charge in [0.1, 0.15) is 12.2 Å². The first-order valence-corrected chi connectivity index (χ1v) is 12.0. The van der Waals surface area contributed by atoms with Crippen molar-refractivity contribution >= 4 is 40.3 Å². The van der Waals surface area contributed by atoms with Crippen LogP contribution in [-0.4, -0.2) is 45.3 Å². The maximum absolute atomic E-state index is 12.8. The van der Waals surface area contributed by atoms with Gasteiger partial charge in [0.25, 0.3) is 6.01 Å². The number of carbonyl (C=O) groups is 1. The summed E-state index contributed by atoms with van der Waals surface area (Å²) in [5.74, 6) is 0. The number of hydrogen-bond donors (Lipinski definition) is 0. The number of para-hydroxylation sites is 2. The number of ether oxygens (including phenoxy) is 2. The van der Waals surface area contributed by atoms with Gasteiger partial charge in [0, 0.05) is 16.6 Å². The van der Waals surface area contributed by atoms with Crippen LogP contribution in [0.5, 0.6) is 6.01 Å². The van der Waals surface area contributed by atoms with Gasteiger partial charge in [-0.2, -0.15) is 4.98 Å². The van der Waals surface area contributed by atoms with E-state index in [0.29, 0.717) is 35.8 Å². The van der Waals surface area contributed by atoms with Crippen LogP contribution in [0.15, 0.2) is 42.5 Å². The molecular formula is C25H29Cl2N3O3. The SMILES string of the molecule is CC(C)(C)OC(=O)N1CCCCC1COc1nc2ccccc2n1Cc1cc(Cl)ccc1Cl. The van der Waals surface area contributed by atoms with Crippen molar-refractivity contribution in [3.8, 4) is 6.01 Å². The van der Waals surface area contributed by atoms with E-state index in [0.717, 1.165) is 35.9 Å². The Morgan fingerprint density at radius 3 is 2.73 bits per heavy atom. The van der Waals surface area contributed by atoms with Gasteiger partial charge in [-0.25, -0.2) is 4.79 Å². The van der Waals surface area contributed by atoms with E-state index in [-0.39, 0.29) is 12.1 Å². The van der Waals surface area contributed by atoms with Gasteiger partial charge in [-0.05, 0) is 75.9 Å². The van der Waals surface area contributed by atoms with Gasteiger partial charge in [-0.3, -0.25) is 4.57 Å². The summed E-state index contributed by atoms with van der Waals surface area (Å²) in [6.45, 7) is 7.11. The van der Waals surface area contributed by atoms with E-state index in [1.165, 1.54) is 0 Å². The van der Waals surface area contributed by atoms with E-state index in [2.05, 4.69) is 0 Å². The standard InChI is InChI=1S/C25H29Cl2N3O3/c1-25(2,3)33-24(31)29-13-7-6-8-19(29)16-32-23-28-21-9-4-5-10-22(21)30(23)15-17-14-18(26)11-12-20(17)27/h4-5,9-12,14,19H,6-8,13,15-16H2,1-3H3. The lowest BCUT2D eigenvalue weighted by molar-refractivity contribution is 0.00290. The zero-order chi connectivity index (χ0) is 23.6. The molecule has 8 heteroatoms. The molecule has 1 saturated heterocycles. The van der Waals surface area contributed by atoms with Crippen LogP contribution >= 0.6 is 23.2 Å². The number of aromatic nitrogens is 2. The Morgan fingerprint density at radius 1 is 1.15 bits per heavy atom. The topological polar surface area (TPSA) is 56.6 Å². The first kappa shape index (κ1) is 23.7. The van der Waals surface area contributed by atoms with Crippen LogP contribution in [0, 0.1) is 0 Å². The number of amides is 1. The smallest absolute Gasteiger partial charge is 0.410 e. The molecule has 3 aromatic rings. The molecule has 1 aromatic heterocycles. The summed E-state index contributed by atoms with van der Waals surface area (Å²) in [5, 5.41) is 1.25. The molecule has 2 heterocycles. The van der Waals surface area contributed by atoms with Crippen LogP contribution in [0.4, 0.5) is 4.79 Å². The summed E-state index contributed by atoms with van der Waals surface area (Å²) >= 11 is 12.6. The van der Waals surface area contributed by atoms with Gasteiger partial charge < -0.3 is 14.4 Å².